The van der Waals surface area contributed by atoms with Crippen molar-refractivity contribution in [1.29, 1.82) is 0 Å². The van der Waals surface area contributed by atoms with Gasteiger partial charge in [-0.05, 0) is 6.42 Å². The van der Waals surface area contributed by atoms with Crippen molar-refractivity contribution < 1.29 is 23.8 Å². The Kier molecular flexibility index (Phi) is 4.23. The van der Waals surface area contributed by atoms with E-state index in [-0.39, 0.29) is 11.7 Å². The van der Waals surface area contributed by atoms with E-state index in [1.165, 1.54) is 21.3 Å². The Labute approximate surface area is 88.7 Å². The minimum Gasteiger partial charge on any atom is -0.468 e. The molecular formula is C10H16O5. The fraction of sp³-hybridized carbons (Fsp3) is 0.800. The molecule has 0 aromatic rings. The summed E-state index contributed by atoms with van der Waals surface area (Å²) in [5, 5.41) is 0. The zero-order valence-electron chi connectivity index (χ0n) is 9.19. The maximum atomic E-state index is 11.5. The lowest BCUT2D eigenvalue weighted by Gasteiger charge is -2.23. The molecule has 0 saturated heterocycles. The van der Waals surface area contributed by atoms with Gasteiger partial charge in [0, 0.05) is 26.6 Å². The first kappa shape index (κ1) is 12.1. The van der Waals surface area contributed by atoms with Crippen molar-refractivity contribution in [2.45, 2.75) is 19.1 Å². The van der Waals surface area contributed by atoms with Crippen LogP contribution in [0.15, 0.2) is 0 Å². The highest BCUT2D eigenvalue weighted by Crippen LogP contribution is 2.33. The zero-order chi connectivity index (χ0) is 11.4. The molecule has 2 unspecified atom stereocenters. The van der Waals surface area contributed by atoms with Crippen molar-refractivity contribution in [2.75, 3.05) is 21.3 Å². The summed E-state index contributed by atoms with van der Waals surface area (Å²) in [5.41, 5.74) is 0. The van der Waals surface area contributed by atoms with E-state index in [0.29, 0.717) is 12.8 Å². The molecule has 0 aliphatic heterocycles. The van der Waals surface area contributed by atoms with E-state index in [0.717, 1.165) is 0 Å². The van der Waals surface area contributed by atoms with Crippen molar-refractivity contribution in [3.05, 3.63) is 0 Å². The molecule has 0 radical (unpaired) electrons. The van der Waals surface area contributed by atoms with Gasteiger partial charge < -0.3 is 14.2 Å². The van der Waals surface area contributed by atoms with Gasteiger partial charge in [-0.1, -0.05) is 0 Å². The molecule has 0 spiro atoms. The highest BCUT2D eigenvalue weighted by atomic mass is 16.7. The minimum atomic E-state index is -0.736. The van der Waals surface area contributed by atoms with Crippen LogP contribution < -0.4 is 0 Å². The number of ketones is 1. The van der Waals surface area contributed by atoms with Gasteiger partial charge in [-0.2, -0.15) is 0 Å². The average molecular weight is 216 g/mol. The Morgan fingerprint density at radius 3 is 2.40 bits per heavy atom. The molecule has 2 atom stereocenters. The number of hydrogen-bond donors (Lipinski definition) is 0. The molecule has 1 saturated carbocycles. The van der Waals surface area contributed by atoms with Crippen molar-refractivity contribution >= 4 is 11.8 Å². The second-order valence-electron chi connectivity index (χ2n) is 3.51. The van der Waals surface area contributed by atoms with Crippen LogP contribution in [0, 0.1) is 11.8 Å². The van der Waals surface area contributed by atoms with E-state index < -0.39 is 18.2 Å². The van der Waals surface area contributed by atoms with Crippen LogP contribution >= 0.6 is 0 Å². The van der Waals surface area contributed by atoms with Crippen molar-refractivity contribution in [1.82, 2.24) is 0 Å². The second-order valence-corrected chi connectivity index (χ2v) is 3.51. The first-order chi connectivity index (χ1) is 7.15. The van der Waals surface area contributed by atoms with E-state index in [1.54, 1.807) is 0 Å². The second kappa shape index (κ2) is 5.23. The van der Waals surface area contributed by atoms with E-state index in [1.807, 2.05) is 0 Å². The Morgan fingerprint density at radius 2 is 1.93 bits per heavy atom. The van der Waals surface area contributed by atoms with Crippen LogP contribution in [0.25, 0.3) is 0 Å². The fourth-order valence-corrected chi connectivity index (χ4v) is 2.04. The number of ether oxygens (including phenoxy) is 3. The van der Waals surface area contributed by atoms with Crippen LogP contribution in [-0.4, -0.2) is 39.4 Å². The van der Waals surface area contributed by atoms with E-state index in [9.17, 15) is 9.59 Å². The predicted octanol–water partition coefficient (Wildman–Crippen LogP) is 0.374. The quantitative estimate of drug-likeness (QED) is 0.386. The van der Waals surface area contributed by atoms with Gasteiger partial charge in [0.1, 0.15) is 11.7 Å². The molecule has 0 N–H and O–H groups in total. The molecule has 0 aromatic heterocycles. The zero-order valence-corrected chi connectivity index (χ0v) is 9.19. The third kappa shape index (κ3) is 2.35. The summed E-state index contributed by atoms with van der Waals surface area (Å²) < 4.78 is 14.8. The topological polar surface area (TPSA) is 61.8 Å². The summed E-state index contributed by atoms with van der Waals surface area (Å²) in [7, 11) is 4.26. The standard InChI is InChI=1S/C10H16O5/c1-13-9(12)8-6(4-5-7(8)11)10(14-2)15-3/h6,8,10H,4-5H2,1-3H3. The molecular weight excluding hydrogens is 200 g/mol. The van der Waals surface area contributed by atoms with Gasteiger partial charge in [-0.25, -0.2) is 0 Å². The number of carbonyl (C=O) groups excluding carboxylic acids is 2. The smallest absolute Gasteiger partial charge is 0.316 e. The van der Waals surface area contributed by atoms with E-state index >= 15 is 0 Å². The number of Topliss-reactive ketones (excluding diaryl/α,β-unsaturated/α-hetero) is 1. The van der Waals surface area contributed by atoms with Crippen molar-refractivity contribution in [2.24, 2.45) is 11.8 Å². The summed E-state index contributed by atoms with van der Waals surface area (Å²) in [6, 6.07) is 0. The van der Waals surface area contributed by atoms with Crippen molar-refractivity contribution in [3.8, 4) is 0 Å². The average Bonchev–Trinajstić information content (AvgIpc) is 2.61. The molecule has 1 rings (SSSR count). The molecule has 15 heavy (non-hydrogen) atoms. The predicted molar refractivity (Wildman–Crippen MR) is 51.0 cm³/mol. The Hall–Kier alpha value is -0.940. The van der Waals surface area contributed by atoms with Gasteiger partial charge in [-0.15, -0.1) is 0 Å². The van der Waals surface area contributed by atoms with Gasteiger partial charge >= 0.3 is 5.97 Å². The minimum absolute atomic E-state index is 0.0917. The molecule has 1 aliphatic rings. The van der Waals surface area contributed by atoms with Crippen molar-refractivity contribution in [3.63, 3.8) is 0 Å². The SMILES string of the molecule is COC(=O)C1C(=O)CCC1C(OC)OC. The molecule has 0 heterocycles. The lowest BCUT2D eigenvalue weighted by molar-refractivity contribution is -0.167. The van der Waals surface area contributed by atoms with Crippen LogP contribution in [0.4, 0.5) is 0 Å². The van der Waals surface area contributed by atoms with Crippen LogP contribution in [-0.2, 0) is 23.8 Å². The Bertz CT molecular complexity index is 246. The number of carbonyl (C=O) groups is 2. The van der Waals surface area contributed by atoms with E-state index in [4.69, 9.17) is 9.47 Å². The fourth-order valence-electron chi connectivity index (χ4n) is 2.04. The third-order valence-electron chi connectivity index (χ3n) is 2.77. The van der Waals surface area contributed by atoms with Gasteiger partial charge in [0.15, 0.2) is 6.29 Å². The lowest BCUT2D eigenvalue weighted by Crippen LogP contribution is -2.35. The monoisotopic (exact) mass is 216 g/mol. The lowest BCUT2D eigenvalue weighted by atomic mass is 9.95. The maximum Gasteiger partial charge on any atom is 0.316 e. The van der Waals surface area contributed by atoms with Gasteiger partial charge in [-0.3, -0.25) is 9.59 Å². The summed E-state index contributed by atoms with van der Waals surface area (Å²) >= 11 is 0. The molecule has 1 fully saturated rings. The molecule has 1 aliphatic carbocycles. The first-order valence-electron chi connectivity index (χ1n) is 4.81. The normalized spacial score (nSPS) is 26.0. The summed E-state index contributed by atoms with van der Waals surface area (Å²) in [4.78, 5) is 22.9. The third-order valence-corrected chi connectivity index (χ3v) is 2.77. The van der Waals surface area contributed by atoms with Gasteiger partial charge in [0.05, 0.1) is 7.11 Å². The molecule has 0 amide bonds. The van der Waals surface area contributed by atoms with Crippen LogP contribution in [0.2, 0.25) is 0 Å². The largest absolute Gasteiger partial charge is 0.468 e. The first-order valence-corrected chi connectivity index (χ1v) is 4.81. The van der Waals surface area contributed by atoms with Crippen LogP contribution in [0.3, 0.4) is 0 Å². The highest BCUT2D eigenvalue weighted by molar-refractivity contribution is 6.00. The van der Waals surface area contributed by atoms with Gasteiger partial charge in [0.2, 0.25) is 0 Å². The molecule has 86 valence electrons. The molecule has 0 bridgehead atoms. The van der Waals surface area contributed by atoms with Crippen LogP contribution in [0.1, 0.15) is 12.8 Å². The Balaban J connectivity index is 2.79. The van der Waals surface area contributed by atoms with E-state index in [2.05, 4.69) is 4.74 Å². The number of esters is 1. The summed E-state index contributed by atoms with van der Waals surface area (Å²) in [6.45, 7) is 0. The Morgan fingerprint density at radius 1 is 1.33 bits per heavy atom. The summed E-state index contributed by atoms with van der Waals surface area (Å²) in [6.07, 6.45) is 0.457. The number of methoxy groups -OCH3 is 3. The molecule has 0 aromatic carbocycles. The maximum absolute atomic E-state index is 11.5. The number of rotatable bonds is 4. The number of hydrogen-bond acceptors (Lipinski definition) is 5. The molecule has 5 nitrogen and oxygen atoms in total. The highest BCUT2D eigenvalue weighted by Gasteiger charge is 2.45. The molecule has 5 heteroatoms. The van der Waals surface area contributed by atoms with Gasteiger partial charge in [0.25, 0.3) is 0 Å². The van der Waals surface area contributed by atoms with Crippen LogP contribution in [0.5, 0.6) is 0 Å². The summed E-state index contributed by atoms with van der Waals surface area (Å²) in [5.74, 6) is -1.56.